The molecule has 1 atom stereocenters. The molecule has 1 amide bonds. The van der Waals surface area contributed by atoms with Crippen LogP contribution in [0.4, 0.5) is 0 Å². The third-order valence-corrected chi connectivity index (χ3v) is 3.77. The fraction of sp³-hybridized carbons (Fsp3) is 0.917. The monoisotopic (exact) mass is 225 g/mol. The SMILES string of the molecule is CNC1CCCN(CCN(C)C2CC2)C1=O. The minimum absolute atomic E-state index is 0.0555. The van der Waals surface area contributed by atoms with E-state index >= 15 is 0 Å². The van der Waals surface area contributed by atoms with Gasteiger partial charge < -0.3 is 15.1 Å². The largest absolute Gasteiger partial charge is 0.340 e. The molecule has 0 aromatic carbocycles. The van der Waals surface area contributed by atoms with Crippen molar-refractivity contribution in [2.45, 2.75) is 37.8 Å². The second-order valence-corrected chi connectivity index (χ2v) is 5.02. The molecule has 0 aromatic rings. The summed E-state index contributed by atoms with van der Waals surface area (Å²) in [6.07, 6.45) is 4.79. The number of rotatable bonds is 5. The predicted molar refractivity (Wildman–Crippen MR) is 64.3 cm³/mol. The quantitative estimate of drug-likeness (QED) is 0.730. The molecular weight excluding hydrogens is 202 g/mol. The van der Waals surface area contributed by atoms with Gasteiger partial charge in [-0.3, -0.25) is 4.79 Å². The summed E-state index contributed by atoms with van der Waals surface area (Å²) in [5, 5.41) is 3.10. The Bertz CT molecular complexity index is 253. The van der Waals surface area contributed by atoms with Gasteiger partial charge >= 0.3 is 0 Å². The number of hydrogen-bond acceptors (Lipinski definition) is 3. The van der Waals surface area contributed by atoms with Gasteiger partial charge in [0, 0.05) is 25.7 Å². The lowest BCUT2D eigenvalue weighted by atomic mass is 10.1. The van der Waals surface area contributed by atoms with Crippen LogP contribution in [-0.2, 0) is 4.79 Å². The van der Waals surface area contributed by atoms with Gasteiger partial charge in [-0.2, -0.15) is 0 Å². The van der Waals surface area contributed by atoms with E-state index in [2.05, 4.69) is 17.3 Å². The standard InChI is InChI=1S/C12H23N3O/c1-13-11-4-3-7-15(12(11)16)9-8-14(2)10-5-6-10/h10-11,13H,3-9H2,1-2H3. The molecule has 4 nitrogen and oxygen atoms in total. The first-order valence-corrected chi connectivity index (χ1v) is 6.38. The van der Waals surface area contributed by atoms with E-state index in [0.717, 1.165) is 38.5 Å². The van der Waals surface area contributed by atoms with E-state index in [1.54, 1.807) is 0 Å². The van der Waals surface area contributed by atoms with Crippen LogP contribution in [0.15, 0.2) is 0 Å². The zero-order chi connectivity index (χ0) is 11.5. The molecule has 1 saturated carbocycles. The minimum atomic E-state index is 0.0555. The predicted octanol–water partition coefficient (Wildman–Crippen LogP) is 0.291. The second kappa shape index (κ2) is 5.15. The Hall–Kier alpha value is -0.610. The second-order valence-electron chi connectivity index (χ2n) is 5.02. The highest BCUT2D eigenvalue weighted by molar-refractivity contribution is 5.82. The first kappa shape index (κ1) is 11.9. The molecule has 1 unspecified atom stereocenters. The molecule has 2 rings (SSSR count). The van der Waals surface area contributed by atoms with Gasteiger partial charge in [-0.15, -0.1) is 0 Å². The molecule has 2 aliphatic rings. The summed E-state index contributed by atoms with van der Waals surface area (Å²) in [6.45, 7) is 2.85. The summed E-state index contributed by atoms with van der Waals surface area (Å²) in [5.41, 5.74) is 0. The van der Waals surface area contributed by atoms with Crippen molar-refractivity contribution in [3.63, 3.8) is 0 Å². The lowest BCUT2D eigenvalue weighted by Crippen LogP contribution is -2.51. The first-order valence-electron chi connectivity index (χ1n) is 6.38. The van der Waals surface area contributed by atoms with Crippen LogP contribution < -0.4 is 5.32 Å². The Balaban J connectivity index is 1.76. The molecule has 4 heteroatoms. The van der Waals surface area contributed by atoms with E-state index in [-0.39, 0.29) is 11.9 Å². The summed E-state index contributed by atoms with van der Waals surface area (Å²) >= 11 is 0. The third-order valence-electron chi connectivity index (χ3n) is 3.77. The van der Waals surface area contributed by atoms with E-state index in [1.165, 1.54) is 12.8 Å². The van der Waals surface area contributed by atoms with Crippen molar-refractivity contribution < 1.29 is 4.79 Å². The van der Waals surface area contributed by atoms with Gasteiger partial charge in [-0.1, -0.05) is 0 Å². The average molecular weight is 225 g/mol. The van der Waals surface area contributed by atoms with Gasteiger partial charge in [-0.25, -0.2) is 0 Å². The molecule has 0 radical (unpaired) electrons. The number of hydrogen-bond donors (Lipinski definition) is 1. The summed E-state index contributed by atoms with van der Waals surface area (Å²) in [4.78, 5) is 16.4. The Morgan fingerprint density at radius 2 is 2.19 bits per heavy atom. The summed E-state index contributed by atoms with van der Waals surface area (Å²) in [7, 11) is 4.05. The number of likely N-dealkylation sites (tertiary alicyclic amines) is 1. The van der Waals surface area contributed by atoms with Crippen LogP contribution in [0, 0.1) is 0 Å². The Labute approximate surface area is 98.0 Å². The molecule has 1 aliphatic heterocycles. The van der Waals surface area contributed by atoms with Gasteiger partial charge in [0.25, 0.3) is 0 Å². The lowest BCUT2D eigenvalue weighted by molar-refractivity contribution is -0.136. The van der Waals surface area contributed by atoms with E-state index < -0.39 is 0 Å². The summed E-state index contributed by atoms with van der Waals surface area (Å²) in [6, 6.07) is 0.847. The van der Waals surface area contributed by atoms with Crippen molar-refractivity contribution in [1.82, 2.24) is 15.1 Å². The molecular formula is C12H23N3O. The lowest BCUT2D eigenvalue weighted by Gasteiger charge is -2.33. The van der Waals surface area contributed by atoms with Crippen LogP contribution in [-0.4, -0.2) is 61.5 Å². The normalized spacial score (nSPS) is 26.6. The van der Waals surface area contributed by atoms with E-state index in [1.807, 2.05) is 11.9 Å². The van der Waals surface area contributed by atoms with Crippen LogP contribution in [0.3, 0.4) is 0 Å². The smallest absolute Gasteiger partial charge is 0.239 e. The van der Waals surface area contributed by atoms with E-state index in [0.29, 0.717) is 0 Å². The Morgan fingerprint density at radius 3 is 2.81 bits per heavy atom. The van der Waals surface area contributed by atoms with Crippen molar-refractivity contribution >= 4 is 5.91 Å². The van der Waals surface area contributed by atoms with Gasteiger partial charge in [0.05, 0.1) is 6.04 Å². The number of likely N-dealkylation sites (N-methyl/N-ethyl adjacent to an activating group) is 2. The number of carbonyl (C=O) groups excluding carboxylic acids is 1. The maximum atomic E-state index is 12.0. The average Bonchev–Trinajstić information content (AvgIpc) is 3.11. The number of nitrogens with zero attached hydrogens (tertiary/aromatic N) is 2. The fourth-order valence-electron chi connectivity index (χ4n) is 2.41. The topological polar surface area (TPSA) is 35.6 Å². The molecule has 1 aliphatic carbocycles. The third kappa shape index (κ3) is 2.74. The number of carbonyl (C=O) groups is 1. The molecule has 1 N–H and O–H groups in total. The molecule has 0 aromatic heterocycles. The van der Waals surface area contributed by atoms with Crippen LogP contribution in [0.25, 0.3) is 0 Å². The molecule has 2 fully saturated rings. The molecule has 0 bridgehead atoms. The van der Waals surface area contributed by atoms with Crippen molar-refractivity contribution in [2.24, 2.45) is 0 Å². The highest BCUT2D eigenvalue weighted by Gasteiger charge is 2.29. The van der Waals surface area contributed by atoms with Crippen molar-refractivity contribution in [2.75, 3.05) is 33.7 Å². The Morgan fingerprint density at radius 1 is 1.44 bits per heavy atom. The minimum Gasteiger partial charge on any atom is -0.340 e. The molecule has 16 heavy (non-hydrogen) atoms. The summed E-state index contributed by atoms with van der Waals surface area (Å²) < 4.78 is 0. The Kier molecular flexibility index (Phi) is 3.82. The van der Waals surface area contributed by atoms with E-state index in [4.69, 9.17) is 0 Å². The fourth-order valence-corrected chi connectivity index (χ4v) is 2.41. The summed E-state index contributed by atoms with van der Waals surface area (Å²) in [5.74, 6) is 0.290. The van der Waals surface area contributed by atoms with Gasteiger partial charge in [-0.05, 0) is 39.8 Å². The van der Waals surface area contributed by atoms with Crippen molar-refractivity contribution in [3.8, 4) is 0 Å². The van der Waals surface area contributed by atoms with Gasteiger partial charge in [0.2, 0.25) is 5.91 Å². The van der Waals surface area contributed by atoms with Crippen LogP contribution in [0.1, 0.15) is 25.7 Å². The molecule has 1 saturated heterocycles. The van der Waals surface area contributed by atoms with Crippen LogP contribution in [0.5, 0.6) is 0 Å². The van der Waals surface area contributed by atoms with Crippen molar-refractivity contribution in [3.05, 3.63) is 0 Å². The van der Waals surface area contributed by atoms with Gasteiger partial charge in [0.1, 0.15) is 0 Å². The van der Waals surface area contributed by atoms with E-state index in [9.17, 15) is 4.79 Å². The molecule has 0 spiro atoms. The van der Waals surface area contributed by atoms with Crippen LogP contribution >= 0.6 is 0 Å². The molecule has 92 valence electrons. The van der Waals surface area contributed by atoms with Gasteiger partial charge in [0.15, 0.2) is 0 Å². The zero-order valence-electron chi connectivity index (χ0n) is 10.4. The molecule has 1 heterocycles. The highest BCUT2D eigenvalue weighted by atomic mass is 16.2. The first-order chi connectivity index (χ1) is 7.72. The zero-order valence-corrected chi connectivity index (χ0v) is 10.4. The highest BCUT2D eigenvalue weighted by Crippen LogP contribution is 2.25. The van der Waals surface area contributed by atoms with Crippen molar-refractivity contribution in [1.29, 1.82) is 0 Å². The number of piperidine rings is 1. The maximum Gasteiger partial charge on any atom is 0.239 e. The number of nitrogens with one attached hydrogen (secondary N) is 1. The maximum absolute atomic E-state index is 12.0. The number of amides is 1. The van der Waals surface area contributed by atoms with Crippen LogP contribution in [0.2, 0.25) is 0 Å².